The monoisotopic (exact) mass is 219 g/mol. The van der Waals surface area contributed by atoms with Crippen molar-refractivity contribution in [2.75, 3.05) is 12.3 Å². The topological polar surface area (TPSA) is 29.1 Å². The first kappa shape index (κ1) is 14.1. The summed E-state index contributed by atoms with van der Waals surface area (Å²) in [6.07, 6.45) is 1.02. The Kier molecular flexibility index (Phi) is 7.47. The largest absolute Gasteiger partial charge is 0.315 e. The maximum Gasteiger partial charge on any atom is 0.0342 e. The molecule has 0 heterocycles. The molecule has 0 aliphatic rings. The number of hydrogen-bond donors (Lipinski definition) is 1. The minimum atomic E-state index is -0.650. The highest BCUT2D eigenvalue weighted by Crippen LogP contribution is 2.09. The van der Waals surface area contributed by atoms with Crippen LogP contribution in [0.2, 0.25) is 0 Å². The van der Waals surface area contributed by atoms with Gasteiger partial charge in [-0.3, -0.25) is 4.21 Å². The van der Waals surface area contributed by atoms with Gasteiger partial charge < -0.3 is 5.32 Å². The fourth-order valence-electron chi connectivity index (χ4n) is 1.09. The maximum atomic E-state index is 11.7. The fourth-order valence-corrected chi connectivity index (χ4v) is 2.50. The van der Waals surface area contributed by atoms with E-state index in [1.165, 1.54) is 0 Å². The predicted octanol–water partition coefficient (Wildman–Crippen LogP) is 2.17. The van der Waals surface area contributed by atoms with Gasteiger partial charge in [-0.2, -0.15) is 0 Å². The van der Waals surface area contributed by atoms with E-state index in [9.17, 15) is 4.21 Å². The van der Waals surface area contributed by atoms with Crippen molar-refractivity contribution in [2.45, 2.75) is 52.3 Å². The molecule has 0 aromatic carbocycles. The molecule has 0 amide bonds. The molecule has 3 heteroatoms. The molecule has 86 valence electrons. The standard InChI is InChI=1S/C11H25NOS/c1-9(2)11(5)14(13)8-6-7-12-10(3)4/h9-12H,6-8H2,1-5H3. The Morgan fingerprint density at radius 2 is 1.71 bits per heavy atom. The van der Waals surface area contributed by atoms with Crippen molar-refractivity contribution >= 4 is 10.8 Å². The summed E-state index contributed by atoms with van der Waals surface area (Å²) < 4.78 is 11.7. The molecule has 0 saturated carbocycles. The van der Waals surface area contributed by atoms with Gasteiger partial charge in [-0.05, 0) is 18.9 Å². The molecule has 14 heavy (non-hydrogen) atoms. The molecular formula is C11H25NOS. The van der Waals surface area contributed by atoms with E-state index in [4.69, 9.17) is 0 Å². The molecule has 0 aliphatic heterocycles. The molecule has 0 bridgehead atoms. The van der Waals surface area contributed by atoms with Crippen molar-refractivity contribution in [3.05, 3.63) is 0 Å². The van der Waals surface area contributed by atoms with Gasteiger partial charge in [-0.25, -0.2) is 0 Å². The van der Waals surface area contributed by atoms with Crippen LogP contribution in [0.5, 0.6) is 0 Å². The maximum absolute atomic E-state index is 11.7. The van der Waals surface area contributed by atoms with E-state index in [2.05, 4.69) is 39.9 Å². The van der Waals surface area contributed by atoms with Gasteiger partial charge >= 0.3 is 0 Å². The summed E-state index contributed by atoms with van der Waals surface area (Å²) in [6, 6.07) is 0.533. The quantitative estimate of drug-likeness (QED) is 0.665. The van der Waals surface area contributed by atoms with Crippen LogP contribution in [0.25, 0.3) is 0 Å². The summed E-state index contributed by atoms with van der Waals surface area (Å²) in [5.41, 5.74) is 0. The molecule has 1 N–H and O–H groups in total. The van der Waals surface area contributed by atoms with E-state index < -0.39 is 10.8 Å². The summed E-state index contributed by atoms with van der Waals surface area (Å²) in [5, 5.41) is 3.66. The normalized spacial score (nSPS) is 16.2. The molecule has 0 aliphatic carbocycles. The second-order valence-corrected chi connectivity index (χ2v) is 6.41. The Bertz CT molecular complexity index is 169. The van der Waals surface area contributed by atoms with E-state index in [1.54, 1.807) is 0 Å². The van der Waals surface area contributed by atoms with Crippen molar-refractivity contribution in [3.8, 4) is 0 Å². The van der Waals surface area contributed by atoms with Gasteiger partial charge in [-0.15, -0.1) is 0 Å². The van der Waals surface area contributed by atoms with Crippen LogP contribution in [0, 0.1) is 5.92 Å². The minimum absolute atomic E-state index is 0.328. The van der Waals surface area contributed by atoms with Crippen LogP contribution in [-0.4, -0.2) is 27.8 Å². The zero-order valence-electron chi connectivity index (χ0n) is 10.2. The third-order valence-electron chi connectivity index (χ3n) is 2.43. The second-order valence-electron chi connectivity index (χ2n) is 4.50. The van der Waals surface area contributed by atoms with Gasteiger partial charge in [-0.1, -0.05) is 34.6 Å². The van der Waals surface area contributed by atoms with Crippen molar-refractivity contribution in [2.24, 2.45) is 5.92 Å². The number of rotatable bonds is 7. The molecule has 0 radical (unpaired) electrons. The first-order valence-corrected chi connectivity index (χ1v) is 6.94. The van der Waals surface area contributed by atoms with Crippen molar-refractivity contribution < 1.29 is 4.21 Å². The highest BCUT2D eigenvalue weighted by atomic mass is 32.2. The van der Waals surface area contributed by atoms with Gasteiger partial charge in [0.15, 0.2) is 0 Å². The van der Waals surface area contributed by atoms with E-state index >= 15 is 0 Å². The minimum Gasteiger partial charge on any atom is -0.315 e. The Labute approximate surface area is 91.3 Å². The van der Waals surface area contributed by atoms with Crippen LogP contribution in [0.15, 0.2) is 0 Å². The number of hydrogen-bond acceptors (Lipinski definition) is 2. The van der Waals surface area contributed by atoms with Crippen LogP contribution in [-0.2, 0) is 10.8 Å². The van der Waals surface area contributed by atoms with E-state index in [-0.39, 0.29) is 0 Å². The average Bonchev–Trinajstić information content (AvgIpc) is 2.10. The smallest absolute Gasteiger partial charge is 0.0342 e. The number of nitrogens with one attached hydrogen (secondary N) is 1. The molecule has 2 atom stereocenters. The first-order chi connectivity index (χ1) is 6.45. The van der Waals surface area contributed by atoms with Gasteiger partial charge in [0.2, 0.25) is 0 Å². The molecule has 0 saturated heterocycles. The highest BCUT2D eigenvalue weighted by molar-refractivity contribution is 7.85. The lowest BCUT2D eigenvalue weighted by molar-refractivity contribution is 0.576. The SMILES string of the molecule is CC(C)NCCCS(=O)C(C)C(C)C. The van der Waals surface area contributed by atoms with Crippen molar-refractivity contribution in [1.29, 1.82) is 0 Å². The predicted molar refractivity (Wildman–Crippen MR) is 65.1 cm³/mol. The Balaban J connectivity index is 3.54. The van der Waals surface area contributed by atoms with Crippen LogP contribution in [0.1, 0.15) is 41.0 Å². The molecule has 0 aromatic rings. The van der Waals surface area contributed by atoms with E-state index in [1.807, 2.05) is 0 Å². The Morgan fingerprint density at radius 1 is 1.14 bits per heavy atom. The van der Waals surface area contributed by atoms with Crippen LogP contribution in [0.4, 0.5) is 0 Å². The van der Waals surface area contributed by atoms with Crippen LogP contribution >= 0.6 is 0 Å². The van der Waals surface area contributed by atoms with Gasteiger partial charge in [0.1, 0.15) is 0 Å². The van der Waals surface area contributed by atoms with E-state index in [0.717, 1.165) is 18.7 Å². The van der Waals surface area contributed by atoms with Crippen molar-refractivity contribution in [3.63, 3.8) is 0 Å². The Hall–Kier alpha value is 0.110. The van der Waals surface area contributed by atoms with Gasteiger partial charge in [0.25, 0.3) is 0 Å². The summed E-state index contributed by atoms with van der Waals surface area (Å²) in [6.45, 7) is 11.6. The summed E-state index contributed by atoms with van der Waals surface area (Å²) in [5.74, 6) is 1.35. The molecule has 2 nitrogen and oxygen atoms in total. The highest BCUT2D eigenvalue weighted by Gasteiger charge is 2.13. The summed E-state index contributed by atoms with van der Waals surface area (Å²) >= 11 is 0. The second kappa shape index (κ2) is 7.41. The third-order valence-corrected chi connectivity index (χ3v) is 4.49. The lowest BCUT2D eigenvalue weighted by atomic mass is 10.2. The van der Waals surface area contributed by atoms with E-state index in [0.29, 0.717) is 17.2 Å². The zero-order valence-corrected chi connectivity index (χ0v) is 11.0. The molecule has 0 spiro atoms. The summed E-state index contributed by atoms with van der Waals surface area (Å²) in [4.78, 5) is 0. The molecule has 0 fully saturated rings. The molecule has 0 rings (SSSR count). The molecular weight excluding hydrogens is 194 g/mol. The van der Waals surface area contributed by atoms with Crippen LogP contribution < -0.4 is 5.32 Å². The Morgan fingerprint density at radius 3 is 2.14 bits per heavy atom. The van der Waals surface area contributed by atoms with Gasteiger partial charge in [0.05, 0.1) is 0 Å². The fraction of sp³-hybridized carbons (Fsp3) is 1.00. The van der Waals surface area contributed by atoms with Crippen molar-refractivity contribution in [1.82, 2.24) is 5.32 Å². The molecule has 2 unspecified atom stereocenters. The first-order valence-electron chi connectivity index (χ1n) is 5.55. The lowest BCUT2D eigenvalue weighted by Gasteiger charge is -2.15. The zero-order chi connectivity index (χ0) is 11.1. The third kappa shape index (κ3) is 6.55. The van der Waals surface area contributed by atoms with Gasteiger partial charge in [0, 0.05) is 27.8 Å². The van der Waals surface area contributed by atoms with Crippen LogP contribution in [0.3, 0.4) is 0 Å². The lowest BCUT2D eigenvalue weighted by Crippen LogP contribution is -2.26. The summed E-state index contributed by atoms with van der Waals surface area (Å²) in [7, 11) is -0.650. The molecule has 0 aromatic heterocycles. The average molecular weight is 219 g/mol.